The molecule has 1 aliphatic heterocycles. The molecule has 5 aromatic rings. The van der Waals surface area contributed by atoms with Gasteiger partial charge in [-0.2, -0.15) is 0 Å². The molecule has 4 aromatic carbocycles. The highest BCUT2D eigenvalue weighted by molar-refractivity contribution is 7.09. The molecule has 1 saturated heterocycles. The van der Waals surface area contributed by atoms with Crippen LogP contribution in [0.4, 0.5) is 0 Å². The molecule has 0 atom stereocenters. The van der Waals surface area contributed by atoms with Crippen molar-refractivity contribution in [2.75, 3.05) is 19.6 Å². The molecule has 0 saturated carbocycles. The minimum atomic E-state index is 0.0656. The first kappa shape index (κ1) is 29.8. The van der Waals surface area contributed by atoms with Crippen LogP contribution in [0.3, 0.4) is 0 Å². The average Bonchev–Trinajstić information content (AvgIpc) is 3.79. The fourth-order valence-electron chi connectivity index (χ4n) is 5.87. The van der Waals surface area contributed by atoms with Crippen LogP contribution in [0.15, 0.2) is 121 Å². The number of carbonyl (C=O) groups is 1. The van der Waals surface area contributed by atoms with E-state index >= 15 is 0 Å². The van der Waals surface area contributed by atoms with E-state index in [0.29, 0.717) is 18.8 Å². The lowest BCUT2D eigenvalue weighted by atomic mass is 9.88. The maximum atomic E-state index is 13.0. The Morgan fingerprint density at radius 3 is 2.02 bits per heavy atom. The van der Waals surface area contributed by atoms with Gasteiger partial charge < -0.3 is 9.64 Å². The van der Waals surface area contributed by atoms with E-state index in [2.05, 4.69) is 102 Å². The highest BCUT2D eigenvalue weighted by Crippen LogP contribution is 2.29. The van der Waals surface area contributed by atoms with Crippen molar-refractivity contribution in [3.05, 3.63) is 154 Å². The van der Waals surface area contributed by atoms with E-state index < -0.39 is 0 Å². The SMILES string of the molecule is O=C(c1csc(CN(CCC(c2ccccc2)c2ccccc2)Cc2ccc(OCc3ccccc3)cc2)n1)N1CCCC1. The maximum Gasteiger partial charge on any atom is 0.273 e. The third kappa shape index (κ3) is 8.01. The third-order valence-electron chi connectivity index (χ3n) is 8.24. The van der Waals surface area contributed by atoms with Crippen LogP contribution >= 0.6 is 11.3 Å². The zero-order chi connectivity index (χ0) is 30.0. The van der Waals surface area contributed by atoms with Crippen molar-refractivity contribution < 1.29 is 9.53 Å². The van der Waals surface area contributed by atoms with Gasteiger partial charge in [0.2, 0.25) is 0 Å². The fourth-order valence-corrected chi connectivity index (χ4v) is 6.68. The molecule has 2 heterocycles. The van der Waals surface area contributed by atoms with Gasteiger partial charge in [0.1, 0.15) is 23.1 Å². The van der Waals surface area contributed by atoms with Crippen molar-refractivity contribution in [3.63, 3.8) is 0 Å². The van der Waals surface area contributed by atoms with Gasteiger partial charge in [-0.25, -0.2) is 4.98 Å². The van der Waals surface area contributed by atoms with Gasteiger partial charge in [-0.15, -0.1) is 11.3 Å². The Bertz CT molecular complexity index is 1540. The number of hydrogen-bond acceptors (Lipinski definition) is 5. The number of ether oxygens (including phenoxy) is 1. The zero-order valence-corrected chi connectivity index (χ0v) is 25.9. The number of benzene rings is 4. The van der Waals surface area contributed by atoms with Crippen LogP contribution in [0, 0.1) is 0 Å². The van der Waals surface area contributed by atoms with Crippen LogP contribution in [0.5, 0.6) is 5.75 Å². The second-order valence-corrected chi connectivity index (χ2v) is 12.4. The molecular formula is C38H39N3O2S. The molecule has 0 N–H and O–H groups in total. The van der Waals surface area contributed by atoms with E-state index in [1.54, 1.807) is 11.3 Å². The van der Waals surface area contributed by atoms with Gasteiger partial charge in [-0.1, -0.05) is 103 Å². The molecule has 0 unspecified atom stereocenters. The smallest absolute Gasteiger partial charge is 0.273 e. The summed E-state index contributed by atoms with van der Waals surface area (Å²) < 4.78 is 6.03. The van der Waals surface area contributed by atoms with Crippen LogP contribution in [-0.4, -0.2) is 40.3 Å². The van der Waals surface area contributed by atoms with Gasteiger partial charge >= 0.3 is 0 Å². The van der Waals surface area contributed by atoms with E-state index in [1.165, 1.54) is 16.7 Å². The number of nitrogens with zero attached hydrogens (tertiary/aromatic N) is 3. The van der Waals surface area contributed by atoms with E-state index in [-0.39, 0.29) is 11.8 Å². The third-order valence-corrected chi connectivity index (χ3v) is 9.07. The molecule has 44 heavy (non-hydrogen) atoms. The van der Waals surface area contributed by atoms with Crippen LogP contribution in [-0.2, 0) is 19.7 Å². The van der Waals surface area contributed by atoms with E-state index in [9.17, 15) is 4.79 Å². The van der Waals surface area contributed by atoms with Gasteiger partial charge in [0.25, 0.3) is 5.91 Å². The molecule has 1 amide bonds. The molecule has 6 heteroatoms. The Kier molecular flexibility index (Phi) is 10.1. The Morgan fingerprint density at radius 2 is 1.39 bits per heavy atom. The van der Waals surface area contributed by atoms with Crippen molar-refractivity contribution in [1.29, 1.82) is 0 Å². The van der Waals surface area contributed by atoms with Crippen LogP contribution in [0.2, 0.25) is 0 Å². The molecular weight excluding hydrogens is 563 g/mol. The molecule has 5 nitrogen and oxygen atoms in total. The molecule has 1 aliphatic rings. The van der Waals surface area contributed by atoms with Crippen molar-refractivity contribution in [2.45, 2.75) is 44.9 Å². The van der Waals surface area contributed by atoms with Crippen molar-refractivity contribution >= 4 is 17.2 Å². The van der Waals surface area contributed by atoms with Gasteiger partial charge in [0.15, 0.2) is 0 Å². The maximum absolute atomic E-state index is 13.0. The Labute approximate surface area is 264 Å². The van der Waals surface area contributed by atoms with Crippen LogP contribution in [0.25, 0.3) is 0 Å². The first-order valence-electron chi connectivity index (χ1n) is 15.5. The highest BCUT2D eigenvalue weighted by Gasteiger charge is 2.23. The Morgan fingerprint density at radius 1 is 0.773 bits per heavy atom. The summed E-state index contributed by atoms with van der Waals surface area (Å²) in [6.45, 7) is 4.59. The first-order valence-corrected chi connectivity index (χ1v) is 16.4. The summed E-state index contributed by atoms with van der Waals surface area (Å²) in [7, 11) is 0. The van der Waals surface area contributed by atoms with Crippen molar-refractivity contribution in [1.82, 2.24) is 14.8 Å². The monoisotopic (exact) mass is 601 g/mol. The molecule has 0 bridgehead atoms. The van der Waals surface area contributed by atoms with Crippen molar-refractivity contribution in [2.24, 2.45) is 0 Å². The highest BCUT2D eigenvalue weighted by atomic mass is 32.1. The summed E-state index contributed by atoms with van der Waals surface area (Å²) in [5.74, 6) is 1.22. The molecule has 6 rings (SSSR count). The lowest BCUT2D eigenvalue weighted by Crippen LogP contribution is -2.28. The van der Waals surface area contributed by atoms with E-state index in [4.69, 9.17) is 9.72 Å². The Balaban J connectivity index is 1.17. The van der Waals surface area contributed by atoms with Gasteiger partial charge in [0, 0.05) is 30.9 Å². The van der Waals surface area contributed by atoms with Crippen LogP contribution < -0.4 is 4.74 Å². The average molecular weight is 602 g/mol. The molecule has 224 valence electrons. The van der Waals surface area contributed by atoms with Gasteiger partial charge in [0.05, 0.1) is 6.54 Å². The number of hydrogen-bond donors (Lipinski definition) is 0. The number of amides is 1. The fraction of sp³-hybridized carbons (Fsp3) is 0.263. The molecule has 0 radical (unpaired) electrons. The molecule has 1 fully saturated rings. The van der Waals surface area contributed by atoms with Crippen LogP contribution in [0.1, 0.15) is 62.9 Å². The minimum Gasteiger partial charge on any atom is -0.489 e. The largest absolute Gasteiger partial charge is 0.489 e. The topological polar surface area (TPSA) is 45.7 Å². The predicted molar refractivity (Wildman–Crippen MR) is 178 cm³/mol. The summed E-state index contributed by atoms with van der Waals surface area (Å²) in [6.07, 6.45) is 3.13. The lowest BCUT2D eigenvalue weighted by Gasteiger charge is -2.25. The number of likely N-dealkylation sites (tertiary alicyclic amines) is 1. The van der Waals surface area contributed by atoms with Crippen molar-refractivity contribution in [3.8, 4) is 5.75 Å². The lowest BCUT2D eigenvalue weighted by molar-refractivity contribution is 0.0787. The summed E-state index contributed by atoms with van der Waals surface area (Å²) in [5.41, 5.74) is 5.61. The normalized spacial score (nSPS) is 13.1. The molecule has 1 aromatic heterocycles. The number of thiazole rings is 1. The number of aromatic nitrogens is 1. The predicted octanol–water partition coefficient (Wildman–Crippen LogP) is 8.18. The summed E-state index contributed by atoms with van der Waals surface area (Å²) in [6, 6.07) is 40.2. The molecule has 0 aliphatic carbocycles. The van der Waals surface area contributed by atoms with Gasteiger partial charge in [-0.3, -0.25) is 9.69 Å². The van der Waals surface area contributed by atoms with E-state index in [1.807, 2.05) is 28.5 Å². The Hall–Kier alpha value is -4.26. The quantitative estimate of drug-likeness (QED) is 0.137. The second kappa shape index (κ2) is 15.0. The zero-order valence-electron chi connectivity index (χ0n) is 25.1. The van der Waals surface area contributed by atoms with E-state index in [0.717, 1.165) is 61.8 Å². The first-order chi connectivity index (χ1) is 21.7. The van der Waals surface area contributed by atoms with Gasteiger partial charge in [-0.05, 0) is 60.2 Å². The standard InChI is InChI=1S/C38H39N3O2S/c42-38(41-23-10-11-24-41)36-29-44-37(39-36)27-40(25-22-35(32-14-6-2-7-15-32)33-16-8-3-9-17-33)26-30-18-20-34(21-19-30)43-28-31-12-4-1-5-13-31/h1-9,12-21,29,35H,10-11,22-28H2. The number of rotatable bonds is 13. The second-order valence-electron chi connectivity index (χ2n) is 11.4. The summed E-state index contributed by atoms with van der Waals surface area (Å²) in [5, 5.41) is 2.91. The summed E-state index contributed by atoms with van der Waals surface area (Å²) in [4.78, 5) is 22.2. The molecule has 0 spiro atoms. The summed E-state index contributed by atoms with van der Waals surface area (Å²) >= 11 is 1.59. The minimum absolute atomic E-state index is 0.0656. The number of carbonyl (C=O) groups excluding carboxylic acids is 1.